The standard InChI is InChI=1S/C44H26N4/c45-27-29-17-23-44(48-42-15-7-3-11-36(42)37-12-4-8-16-43(37)48)38(25-29)31-20-18-30(19-21-31)32-22-24-39(33(26-32)28-46)47-40-13-5-1-9-34(40)35-10-2-6-14-41(35)47/h1-26H. The molecule has 222 valence electrons. The number of aromatic nitrogens is 2. The van der Waals surface area contributed by atoms with Crippen molar-refractivity contribution in [3.05, 3.63) is 169 Å². The molecule has 9 rings (SSSR count). The Kier molecular flexibility index (Phi) is 6.22. The summed E-state index contributed by atoms with van der Waals surface area (Å²) in [4.78, 5) is 0. The summed E-state index contributed by atoms with van der Waals surface area (Å²) in [6.07, 6.45) is 0. The van der Waals surface area contributed by atoms with Crippen LogP contribution in [0.3, 0.4) is 0 Å². The molecule has 0 unspecified atom stereocenters. The van der Waals surface area contributed by atoms with Crippen molar-refractivity contribution in [1.82, 2.24) is 9.13 Å². The van der Waals surface area contributed by atoms with E-state index in [4.69, 9.17) is 0 Å². The Bertz CT molecular complexity index is 2690. The van der Waals surface area contributed by atoms with Gasteiger partial charge in [0.1, 0.15) is 6.07 Å². The van der Waals surface area contributed by atoms with Gasteiger partial charge in [0.15, 0.2) is 0 Å². The molecule has 2 aromatic heterocycles. The lowest BCUT2D eigenvalue weighted by Crippen LogP contribution is -1.98. The van der Waals surface area contributed by atoms with Gasteiger partial charge in [0, 0.05) is 27.1 Å². The normalized spacial score (nSPS) is 11.3. The number of benzene rings is 7. The van der Waals surface area contributed by atoms with Crippen molar-refractivity contribution in [3.63, 3.8) is 0 Å². The zero-order valence-corrected chi connectivity index (χ0v) is 25.8. The minimum Gasteiger partial charge on any atom is -0.309 e. The number of hydrogen-bond acceptors (Lipinski definition) is 2. The molecule has 48 heavy (non-hydrogen) atoms. The molecule has 7 aromatic carbocycles. The molecule has 0 atom stereocenters. The Labute approximate surface area is 277 Å². The van der Waals surface area contributed by atoms with E-state index in [1.807, 2.05) is 36.4 Å². The van der Waals surface area contributed by atoms with Crippen LogP contribution in [0, 0.1) is 22.7 Å². The number of nitrogens with zero attached hydrogens (tertiary/aromatic N) is 4. The van der Waals surface area contributed by atoms with Crippen LogP contribution in [0.25, 0.3) is 77.2 Å². The van der Waals surface area contributed by atoms with Crippen molar-refractivity contribution in [3.8, 4) is 45.8 Å². The summed E-state index contributed by atoms with van der Waals surface area (Å²) in [7, 11) is 0. The number of fused-ring (bicyclic) bond motifs is 6. The molecular formula is C44H26N4. The summed E-state index contributed by atoms with van der Waals surface area (Å²) in [5.41, 5.74) is 11.5. The Morgan fingerprint density at radius 3 is 1.31 bits per heavy atom. The summed E-state index contributed by atoms with van der Waals surface area (Å²) in [5.74, 6) is 0. The largest absolute Gasteiger partial charge is 0.309 e. The van der Waals surface area contributed by atoms with Crippen molar-refractivity contribution in [2.75, 3.05) is 0 Å². The first-order valence-corrected chi connectivity index (χ1v) is 15.9. The van der Waals surface area contributed by atoms with E-state index in [9.17, 15) is 10.5 Å². The van der Waals surface area contributed by atoms with Gasteiger partial charge in [0.2, 0.25) is 0 Å². The molecule has 4 heteroatoms. The summed E-state index contributed by atoms with van der Waals surface area (Å²) in [6, 6.07) is 58.8. The lowest BCUT2D eigenvalue weighted by Gasteiger charge is -2.15. The number of hydrogen-bond donors (Lipinski definition) is 0. The van der Waals surface area contributed by atoms with E-state index in [-0.39, 0.29) is 0 Å². The maximum Gasteiger partial charge on any atom is 0.101 e. The average Bonchev–Trinajstić information content (AvgIpc) is 3.67. The molecule has 0 aliphatic rings. The van der Waals surface area contributed by atoms with Crippen molar-refractivity contribution in [2.24, 2.45) is 0 Å². The molecule has 0 saturated heterocycles. The fourth-order valence-corrected chi connectivity index (χ4v) is 7.24. The Balaban J connectivity index is 1.16. The second kappa shape index (κ2) is 10.9. The van der Waals surface area contributed by atoms with Crippen LogP contribution < -0.4 is 0 Å². The fraction of sp³-hybridized carbons (Fsp3) is 0. The first-order valence-electron chi connectivity index (χ1n) is 15.9. The molecule has 0 fully saturated rings. The second-order valence-corrected chi connectivity index (χ2v) is 12.0. The Hall–Kier alpha value is -6.88. The van der Waals surface area contributed by atoms with Crippen LogP contribution in [-0.2, 0) is 0 Å². The van der Waals surface area contributed by atoms with E-state index in [0.717, 1.165) is 66.5 Å². The van der Waals surface area contributed by atoms with Crippen LogP contribution in [0.2, 0.25) is 0 Å². The van der Waals surface area contributed by atoms with Crippen molar-refractivity contribution in [2.45, 2.75) is 0 Å². The van der Waals surface area contributed by atoms with Gasteiger partial charge < -0.3 is 9.13 Å². The first kappa shape index (κ1) is 27.4. The summed E-state index contributed by atoms with van der Waals surface area (Å²) in [6.45, 7) is 0. The molecular weight excluding hydrogens is 585 g/mol. The van der Waals surface area contributed by atoms with E-state index < -0.39 is 0 Å². The SMILES string of the molecule is N#Cc1ccc(-n2c3ccccc3c3ccccc32)c(-c2ccc(-c3ccc(-n4c5ccccc5c5ccccc54)c(C#N)c3)cc2)c1. The number of rotatable bonds is 4. The van der Waals surface area contributed by atoms with E-state index in [1.165, 1.54) is 10.8 Å². The van der Waals surface area contributed by atoms with Crippen LogP contribution in [0.4, 0.5) is 0 Å². The minimum atomic E-state index is 0.609. The lowest BCUT2D eigenvalue weighted by molar-refractivity contribution is 1.17. The van der Waals surface area contributed by atoms with Gasteiger partial charge in [-0.3, -0.25) is 0 Å². The Morgan fingerprint density at radius 2 is 0.812 bits per heavy atom. The number of nitriles is 2. The molecule has 0 aliphatic carbocycles. The molecule has 0 spiro atoms. The molecule has 0 bridgehead atoms. The van der Waals surface area contributed by atoms with E-state index >= 15 is 0 Å². The fourth-order valence-electron chi connectivity index (χ4n) is 7.24. The predicted molar refractivity (Wildman–Crippen MR) is 195 cm³/mol. The van der Waals surface area contributed by atoms with E-state index in [0.29, 0.717) is 11.1 Å². The van der Waals surface area contributed by atoms with Gasteiger partial charge in [-0.25, -0.2) is 0 Å². The monoisotopic (exact) mass is 610 g/mol. The summed E-state index contributed by atoms with van der Waals surface area (Å²) in [5, 5.41) is 24.9. The smallest absolute Gasteiger partial charge is 0.101 e. The second-order valence-electron chi connectivity index (χ2n) is 12.0. The maximum absolute atomic E-state index is 10.4. The summed E-state index contributed by atoms with van der Waals surface area (Å²) >= 11 is 0. The van der Waals surface area contributed by atoms with Crippen molar-refractivity contribution >= 4 is 43.6 Å². The first-order chi connectivity index (χ1) is 23.7. The van der Waals surface area contributed by atoms with Gasteiger partial charge in [-0.15, -0.1) is 0 Å². The van der Waals surface area contributed by atoms with Gasteiger partial charge in [-0.2, -0.15) is 10.5 Å². The molecule has 0 radical (unpaired) electrons. The van der Waals surface area contributed by atoms with E-state index in [2.05, 4.69) is 143 Å². The molecule has 0 aliphatic heterocycles. The highest BCUT2D eigenvalue weighted by Crippen LogP contribution is 2.38. The van der Waals surface area contributed by atoms with Gasteiger partial charge in [-0.05, 0) is 71.3 Å². The summed E-state index contributed by atoms with van der Waals surface area (Å²) < 4.78 is 4.48. The quantitative estimate of drug-likeness (QED) is 0.199. The average molecular weight is 611 g/mol. The highest BCUT2D eigenvalue weighted by molar-refractivity contribution is 6.10. The number of para-hydroxylation sites is 4. The molecule has 0 N–H and O–H groups in total. The maximum atomic E-state index is 10.4. The van der Waals surface area contributed by atoms with Gasteiger partial charge in [0.05, 0.1) is 50.6 Å². The third kappa shape index (κ3) is 4.14. The highest BCUT2D eigenvalue weighted by Gasteiger charge is 2.17. The Morgan fingerprint density at radius 1 is 0.375 bits per heavy atom. The van der Waals surface area contributed by atoms with Gasteiger partial charge >= 0.3 is 0 Å². The highest BCUT2D eigenvalue weighted by atomic mass is 15.0. The van der Waals surface area contributed by atoms with E-state index in [1.54, 1.807) is 0 Å². The van der Waals surface area contributed by atoms with Gasteiger partial charge in [-0.1, -0.05) is 103 Å². The van der Waals surface area contributed by atoms with Crippen LogP contribution in [-0.4, -0.2) is 9.13 Å². The third-order valence-electron chi connectivity index (χ3n) is 9.41. The molecule has 2 heterocycles. The van der Waals surface area contributed by atoms with Crippen molar-refractivity contribution in [1.29, 1.82) is 10.5 Å². The minimum absolute atomic E-state index is 0.609. The molecule has 4 nitrogen and oxygen atoms in total. The molecule has 0 saturated carbocycles. The van der Waals surface area contributed by atoms with Crippen LogP contribution >= 0.6 is 0 Å². The van der Waals surface area contributed by atoms with Gasteiger partial charge in [0.25, 0.3) is 0 Å². The zero-order chi connectivity index (χ0) is 32.2. The third-order valence-corrected chi connectivity index (χ3v) is 9.41. The van der Waals surface area contributed by atoms with Crippen LogP contribution in [0.5, 0.6) is 0 Å². The molecule has 9 aromatic rings. The lowest BCUT2D eigenvalue weighted by atomic mass is 9.96. The molecule has 0 amide bonds. The van der Waals surface area contributed by atoms with Crippen LogP contribution in [0.1, 0.15) is 11.1 Å². The topological polar surface area (TPSA) is 57.4 Å². The zero-order valence-electron chi connectivity index (χ0n) is 25.8. The predicted octanol–water partition coefficient (Wildman–Crippen LogP) is 11.0. The van der Waals surface area contributed by atoms with Crippen molar-refractivity contribution < 1.29 is 0 Å². The van der Waals surface area contributed by atoms with Crippen LogP contribution in [0.15, 0.2) is 158 Å².